The van der Waals surface area contributed by atoms with Crippen molar-refractivity contribution in [2.45, 2.75) is 38.6 Å². The van der Waals surface area contributed by atoms with Crippen LogP contribution in [0.25, 0.3) is 0 Å². The molecular formula is C29H32BrFN2O2S. The third-order valence-corrected chi connectivity index (χ3v) is 7.15. The van der Waals surface area contributed by atoms with Gasteiger partial charge in [0.15, 0.2) is 0 Å². The molecule has 7 heteroatoms. The SMILES string of the molecule is CC(C)CNC(=O)[C@@H](Cc1ccccc1)N(Cc1ccc(F)cc1)C(=O)CSCc1ccc(Br)cc1. The van der Waals surface area contributed by atoms with Gasteiger partial charge in [0, 0.05) is 29.7 Å². The van der Waals surface area contributed by atoms with E-state index in [-0.39, 0.29) is 35.8 Å². The fourth-order valence-corrected chi connectivity index (χ4v) is 4.82. The van der Waals surface area contributed by atoms with Crippen molar-refractivity contribution in [2.75, 3.05) is 12.3 Å². The number of carbonyl (C=O) groups excluding carboxylic acids is 2. The molecule has 0 heterocycles. The molecule has 0 bridgehead atoms. The van der Waals surface area contributed by atoms with Crippen molar-refractivity contribution >= 4 is 39.5 Å². The van der Waals surface area contributed by atoms with Crippen molar-refractivity contribution < 1.29 is 14.0 Å². The molecule has 1 atom stereocenters. The van der Waals surface area contributed by atoms with Gasteiger partial charge in [-0.2, -0.15) is 0 Å². The van der Waals surface area contributed by atoms with Crippen LogP contribution >= 0.6 is 27.7 Å². The zero-order valence-corrected chi connectivity index (χ0v) is 23.0. The van der Waals surface area contributed by atoms with Crippen molar-refractivity contribution in [3.8, 4) is 0 Å². The highest BCUT2D eigenvalue weighted by atomic mass is 79.9. The van der Waals surface area contributed by atoms with Crippen molar-refractivity contribution in [1.82, 2.24) is 10.2 Å². The molecule has 0 saturated carbocycles. The maximum Gasteiger partial charge on any atom is 0.243 e. The normalized spacial score (nSPS) is 11.8. The predicted molar refractivity (Wildman–Crippen MR) is 149 cm³/mol. The minimum atomic E-state index is -0.683. The standard InChI is InChI=1S/C29H32BrFN2O2S/c1-21(2)17-32-29(35)27(16-22-6-4-3-5-7-22)33(18-23-10-14-26(31)15-11-23)28(34)20-36-19-24-8-12-25(30)13-9-24/h3-15,21,27H,16-20H2,1-2H3,(H,32,35)/t27-/m1/s1. The summed E-state index contributed by atoms with van der Waals surface area (Å²) in [5.74, 6) is 0.570. The molecule has 3 rings (SSSR count). The molecule has 0 spiro atoms. The van der Waals surface area contributed by atoms with Crippen molar-refractivity contribution in [1.29, 1.82) is 0 Å². The molecule has 3 aromatic carbocycles. The van der Waals surface area contributed by atoms with Gasteiger partial charge < -0.3 is 10.2 Å². The molecule has 0 aliphatic rings. The second kappa shape index (κ2) is 14.2. The van der Waals surface area contributed by atoms with Gasteiger partial charge in [0.05, 0.1) is 5.75 Å². The highest BCUT2D eigenvalue weighted by Gasteiger charge is 2.30. The summed E-state index contributed by atoms with van der Waals surface area (Å²) in [5, 5.41) is 3.02. The van der Waals surface area contributed by atoms with E-state index in [0.29, 0.717) is 18.7 Å². The Morgan fingerprint density at radius 2 is 1.56 bits per heavy atom. The molecule has 4 nitrogen and oxygen atoms in total. The lowest BCUT2D eigenvalue weighted by Gasteiger charge is -2.32. The molecular weight excluding hydrogens is 539 g/mol. The lowest BCUT2D eigenvalue weighted by atomic mass is 10.0. The molecule has 0 aliphatic heterocycles. The molecule has 0 radical (unpaired) electrons. The minimum absolute atomic E-state index is 0.123. The number of nitrogens with zero attached hydrogens (tertiary/aromatic N) is 1. The van der Waals surface area contributed by atoms with Gasteiger partial charge in [-0.25, -0.2) is 4.39 Å². The molecule has 0 unspecified atom stereocenters. The summed E-state index contributed by atoms with van der Waals surface area (Å²) < 4.78 is 14.5. The van der Waals surface area contributed by atoms with E-state index in [0.717, 1.165) is 21.2 Å². The Hall–Kier alpha value is -2.64. The van der Waals surface area contributed by atoms with Gasteiger partial charge in [0.1, 0.15) is 11.9 Å². The largest absolute Gasteiger partial charge is 0.354 e. The number of thioether (sulfide) groups is 1. The van der Waals surface area contributed by atoms with Gasteiger partial charge in [-0.1, -0.05) is 84.4 Å². The third kappa shape index (κ3) is 9.10. The summed E-state index contributed by atoms with van der Waals surface area (Å²) >= 11 is 4.96. The maximum absolute atomic E-state index is 13.6. The smallest absolute Gasteiger partial charge is 0.243 e. The second-order valence-corrected chi connectivity index (χ2v) is 11.0. The summed E-state index contributed by atoms with van der Waals surface area (Å²) in [6, 6.07) is 23.1. The number of nitrogens with one attached hydrogen (secondary N) is 1. The van der Waals surface area contributed by atoms with Crippen LogP contribution < -0.4 is 5.32 Å². The first-order valence-corrected chi connectivity index (χ1v) is 13.9. The molecule has 0 aliphatic carbocycles. The van der Waals surface area contributed by atoms with E-state index in [1.807, 2.05) is 68.4 Å². The molecule has 36 heavy (non-hydrogen) atoms. The average Bonchev–Trinajstić information content (AvgIpc) is 2.87. The summed E-state index contributed by atoms with van der Waals surface area (Å²) in [7, 11) is 0. The van der Waals surface area contributed by atoms with E-state index in [1.165, 1.54) is 23.9 Å². The van der Waals surface area contributed by atoms with E-state index < -0.39 is 6.04 Å². The Morgan fingerprint density at radius 3 is 2.19 bits per heavy atom. The van der Waals surface area contributed by atoms with Crippen LogP contribution in [0.15, 0.2) is 83.3 Å². The van der Waals surface area contributed by atoms with Crippen LogP contribution in [-0.4, -0.2) is 35.1 Å². The number of halogens is 2. The van der Waals surface area contributed by atoms with E-state index in [2.05, 4.69) is 21.2 Å². The van der Waals surface area contributed by atoms with Crippen molar-refractivity contribution in [3.05, 3.63) is 106 Å². The van der Waals surface area contributed by atoms with Gasteiger partial charge in [-0.05, 0) is 46.9 Å². The van der Waals surface area contributed by atoms with E-state index >= 15 is 0 Å². The fraction of sp³-hybridized carbons (Fsp3) is 0.310. The van der Waals surface area contributed by atoms with Gasteiger partial charge >= 0.3 is 0 Å². The Kier molecular flexibility index (Phi) is 11.0. The van der Waals surface area contributed by atoms with Crippen LogP contribution in [0, 0.1) is 11.7 Å². The first kappa shape index (κ1) is 27.9. The number of hydrogen-bond donors (Lipinski definition) is 1. The van der Waals surface area contributed by atoms with E-state index in [4.69, 9.17) is 0 Å². The monoisotopic (exact) mass is 570 g/mol. The van der Waals surface area contributed by atoms with Crippen LogP contribution in [0.4, 0.5) is 4.39 Å². The second-order valence-electron chi connectivity index (χ2n) is 9.11. The predicted octanol–water partition coefficient (Wildman–Crippen LogP) is 6.23. The Labute approximate surface area is 225 Å². The Balaban J connectivity index is 1.82. The molecule has 2 amide bonds. The highest BCUT2D eigenvalue weighted by Crippen LogP contribution is 2.20. The summed E-state index contributed by atoms with van der Waals surface area (Å²) in [5.41, 5.74) is 2.87. The maximum atomic E-state index is 13.6. The quantitative estimate of drug-likeness (QED) is 0.280. The zero-order chi connectivity index (χ0) is 25.9. The number of rotatable bonds is 12. The topological polar surface area (TPSA) is 49.4 Å². The van der Waals surface area contributed by atoms with Crippen LogP contribution in [-0.2, 0) is 28.3 Å². The summed E-state index contributed by atoms with van der Waals surface area (Å²) in [6.45, 7) is 4.82. The first-order chi connectivity index (χ1) is 17.3. The Morgan fingerprint density at radius 1 is 0.917 bits per heavy atom. The van der Waals surface area contributed by atoms with Crippen LogP contribution in [0.2, 0.25) is 0 Å². The highest BCUT2D eigenvalue weighted by molar-refractivity contribution is 9.10. The number of benzene rings is 3. The summed E-state index contributed by atoms with van der Waals surface area (Å²) in [6.07, 6.45) is 0.398. The molecule has 1 N–H and O–H groups in total. The summed E-state index contributed by atoms with van der Waals surface area (Å²) in [4.78, 5) is 28.6. The van der Waals surface area contributed by atoms with E-state index in [9.17, 15) is 14.0 Å². The van der Waals surface area contributed by atoms with Gasteiger partial charge in [-0.3, -0.25) is 9.59 Å². The molecule has 190 valence electrons. The number of carbonyl (C=O) groups is 2. The minimum Gasteiger partial charge on any atom is -0.354 e. The van der Waals surface area contributed by atoms with E-state index in [1.54, 1.807) is 17.0 Å². The zero-order valence-electron chi connectivity index (χ0n) is 20.6. The third-order valence-electron chi connectivity index (χ3n) is 5.63. The van der Waals surface area contributed by atoms with Crippen LogP contribution in [0.3, 0.4) is 0 Å². The Bertz CT molecular complexity index is 1110. The number of amides is 2. The van der Waals surface area contributed by atoms with Crippen molar-refractivity contribution in [3.63, 3.8) is 0 Å². The molecule has 0 saturated heterocycles. The lowest BCUT2D eigenvalue weighted by Crippen LogP contribution is -2.51. The fourth-order valence-electron chi connectivity index (χ4n) is 3.68. The van der Waals surface area contributed by atoms with Crippen LogP contribution in [0.1, 0.15) is 30.5 Å². The van der Waals surface area contributed by atoms with Gasteiger partial charge in [-0.15, -0.1) is 11.8 Å². The van der Waals surface area contributed by atoms with Gasteiger partial charge in [0.25, 0.3) is 0 Å². The van der Waals surface area contributed by atoms with Gasteiger partial charge in [0.2, 0.25) is 11.8 Å². The lowest BCUT2D eigenvalue weighted by molar-refractivity contribution is -0.139. The molecule has 0 fully saturated rings. The number of hydrogen-bond acceptors (Lipinski definition) is 3. The van der Waals surface area contributed by atoms with Crippen molar-refractivity contribution in [2.24, 2.45) is 5.92 Å². The average molecular weight is 572 g/mol. The van der Waals surface area contributed by atoms with Crippen LogP contribution in [0.5, 0.6) is 0 Å². The molecule has 0 aromatic heterocycles. The first-order valence-electron chi connectivity index (χ1n) is 12.0. The molecule has 3 aromatic rings.